The maximum Gasteiger partial charge on any atom is 0.237 e. The number of ether oxygens (including phenoxy) is 1. The average molecular weight is 198 g/mol. The quantitative estimate of drug-likeness (QED) is 0.673. The van der Waals surface area contributed by atoms with Crippen LogP contribution in [-0.2, 0) is 9.53 Å². The van der Waals surface area contributed by atoms with Crippen LogP contribution in [0.3, 0.4) is 0 Å². The van der Waals surface area contributed by atoms with E-state index in [1.165, 1.54) is 0 Å². The zero-order valence-electron chi connectivity index (χ0n) is 8.58. The van der Waals surface area contributed by atoms with Crippen molar-refractivity contribution in [2.24, 2.45) is 0 Å². The first-order chi connectivity index (χ1) is 6.77. The normalized spacial score (nSPS) is 34.5. The van der Waals surface area contributed by atoms with E-state index in [-0.39, 0.29) is 18.0 Å². The topological polar surface area (TPSA) is 50.4 Å². The van der Waals surface area contributed by atoms with Crippen LogP contribution >= 0.6 is 0 Å². The van der Waals surface area contributed by atoms with E-state index in [1.54, 1.807) is 0 Å². The van der Waals surface area contributed by atoms with E-state index in [0.717, 1.165) is 32.4 Å². The van der Waals surface area contributed by atoms with Gasteiger partial charge in [-0.15, -0.1) is 0 Å². The molecule has 0 spiro atoms. The Hall–Kier alpha value is -0.610. The van der Waals surface area contributed by atoms with Crippen LogP contribution in [0.4, 0.5) is 0 Å². The fourth-order valence-electron chi connectivity index (χ4n) is 2.17. The van der Waals surface area contributed by atoms with Gasteiger partial charge in [0, 0.05) is 19.2 Å². The minimum atomic E-state index is -0.00537. The Labute approximate surface area is 84.4 Å². The molecule has 0 saturated carbocycles. The smallest absolute Gasteiger partial charge is 0.237 e. The fraction of sp³-hybridized carbons (Fsp3) is 0.900. The molecule has 4 heteroatoms. The van der Waals surface area contributed by atoms with Gasteiger partial charge in [-0.1, -0.05) is 0 Å². The third-order valence-electron chi connectivity index (χ3n) is 3.04. The van der Waals surface area contributed by atoms with Crippen LogP contribution in [0.5, 0.6) is 0 Å². The van der Waals surface area contributed by atoms with E-state index in [1.807, 2.05) is 0 Å². The molecule has 2 fully saturated rings. The van der Waals surface area contributed by atoms with E-state index < -0.39 is 0 Å². The van der Waals surface area contributed by atoms with Crippen LogP contribution in [0.1, 0.15) is 26.2 Å². The molecule has 0 aromatic heterocycles. The lowest BCUT2D eigenvalue weighted by molar-refractivity contribution is -0.121. The van der Waals surface area contributed by atoms with Gasteiger partial charge in [0.25, 0.3) is 0 Å². The first kappa shape index (κ1) is 9.93. The summed E-state index contributed by atoms with van der Waals surface area (Å²) in [6.45, 7) is 3.77. The highest BCUT2D eigenvalue weighted by atomic mass is 16.5. The van der Waals surface area contributed by atoms with Crippen molar-refractivity contribution in [3.8, 4) is 0 Å². The van der Waals surface area contributed by atoms with Crippen LogP contribution in [-0.4, -0.2) is 37.2 Å². The van der Waals surface area contributed by atoms with Gasteiger partial charge >= 0.3 is 0 Å². The molecule has 2 saturated heterocycles. The van der Waals surface area contributed by atoms with Crippen molar-refractivity contribution in [2.45, 2.75) is 44.4 Å². The molecule has 3 atom stereocenters. The van der Waals surface area contributed by atoms with Gasteiger partial charge in [0.05, 0.1) is 12.1 Å². The van der Waals surface area contributed by atoms with Gasteiger partial charge in [0.15, 0.2) is 0 Å². The molecular weight excluding hydrogens is 180 g/mol. The summed E-state index contributed by atoms with van der Waals surface area (Å²) < 4.78 is 5.57. The van der Waals surface area contributed by atoms with Gasteiger partial charge in [0.2, 0.25) is 5.91 Å². The predicted octanol–water partition coefficient (Wildman–Crippen LogP) is 0.0320. The van der Waals surface area contributed by atoms with Crippen molar-refractivity contribution >= 4 is 5.91 Å². The summed E-state index contributed by atoms with van der Waals surface area (Å²) in [5, 5.41) is 6.16. The molecule has 2 rings (SSSR count). The number of hydrogen-bond donors (Lipinski definition) is 2. The first-order valence-corrected chi connectivity index (χ1v) is 5.43. The van der Waals surface area contributed by atoms with Crippen LogP contribution in [0.2, 0.25) is 0 Å². The van der Waals surface area contributed by atoms with Crippen molar-refractivity contribution in [1.29, 1.82) is 0 Å². The number of nitrogens with one attached hydrogen (secondary N) is 2. The second-order valence-corrected chi connectivity index (χ2v) is 4.14. The van der Waals surface area contributed by atoms with Gasteiger partial charge < -0.3 is 15.4 Å². The van der Waals surface area contributed by atoms with E-state index in [0.29, 0.717) is 6.10 Å². The number of hydrogen-bond acceptors (Lipinski definition) is 3. The van der Waals surface area contributed by atoms with Crippen LogP contribution < -0.4 is 10.6 Å². The standard InChI is InChI=1S/C10H18N2O2/c1-7(9-3-2-6-14-9)12-8-4-5-11-10(8)13/h7-9,12H,2-6H2,1H3,(H,11,13). The lowest BCUT2D eigenvalue weighted by Gasteiger charge is -2.22. The molecule has 0 bridgehead atoms. The third-order valence-corrected chi connectivity index (χ3v) is 3.04. The third kappa shape index (κ3) is 2.07. The Morgan fingerprint density at radius 1 is 1.57 bits per heavy atom. The molecular formula is C10H18N2O2. The van der Waals surface area contributed by atoms with Crippen LogP contribution in [0.15, 0.2) is 0 Å². The molecule has 0 aromatic carbocycles. The van der Waals surface area contributed by atoms with E-state index in [4.69, 9.17) is 4.74 Å². The fourth-order valence-corrected chi connectivity index (χ4v) is 2.17. The van der Waals surface area contributed by atoms with Crippen molar-refractivity contribution in [1.82, 2.24) is 10.6 Å². The summed E-state index contributed by atoms with van der Waals surface area (Å²) in [6, 6.07) is 0.278. The van der Waals surface area contributed by atoms with Crippen LogP contribution in [0.25, 0.3) is 0 Å². The second kappa shape index (κ2) is 4.28. The minimum absolute atomic E-state index is 0.00537. The van der Waals surface area contributed by atoms with Crippen molar-refractivity contribution in [3.05, 3.63) is 0 Å². The summed E-state index contributed by atoms with van der Waals surface area (Å²) in [5.74, 6) is 0.134. The highest BCUT2D eigenvalue weighted by Gasteiger charge is 2.29. The van der Waals surface area contributed by atoms with Gasteiger partial charge in [0.1, 0.15) is 0 Å². The molecule has 3 unspecified atom stereocenters. The number of carbonyl (C=O) groups excluding carboxylic acids is 1. The lowest BCUT2D eigenvalue weighted by atomic mass is 10.1. The molecule has 0 radical (unpaired) electrons. The Morgan fingerprint density at radius 2 is 2.43 bits per heavy atom. The van der Waals surface area contributed by atoms with E-state index in [2.05, 4.69) is 17.6 Å². The highest BCUT2D eigenvalue weighted by Crippen LogP contribution is 2.16. The molecule has 4 nitrogen and oxygen atoms in total. The Bertz CT molecular complexity index is 214. The number of amides is 1. The lowest BCUT2D eigenvalue weighted by Crippen LogP contribution is -2.46. The van der Waals surface area contributed by atoms with E-state index >= 15 is 0 Å². The van der Waals surface area contributed by atoms with Crippen molar-refractivity contribution < 1.29 is 9.53 Å². The molecule has 2 N–H and O–H groups in total. The SMILES string of the molecule is CC(NC1CCNC1=O)C1CCCO1. The summed E-state index contributed by atoms with van der Waals surface area (Å²) in [6.07, 6.45) is 3.45. The van der Waals surface area contributed by atoms with Crippen molar-refractivity contribution in [2.75, 3.05) is 13.2 Å². The Balaban J connectivity index is 1.80. The van der Waals surface area contributed by atoms with Gasteiger partial charge in [-0.3, -0.25) is 4.79 Å². The Kier molecular flexibility index (Phi) is 3.03. The van der Waals surface area contributed by atoms with Gasteiger partial charge in [-0.2, -0.15) is 0 Å². The molecule has 14 heavy (non-hydrogen) atoms. The zero-order valence-corrected chi connectivity index (χ0v) is 8.58. The zero-order chi connectivity index (χ0) is 9.97. The van der Waals surface area contributed by atoms with Crippen molar-refractivity contribution in [3.63, 3.8) is 0 Å². The van der Waals surface area contributed by atoms with Gasteiger partial charge in [-0.05, 0) is 26.2 Å². The first-order valence-electron chi connectivity index (χ1n) is 5.43. The Morgan fingerprint density at radius 3 is 3.00 bits per heavy atom. The predicted molar refractivity (Wildman–Crippen MR) is 53.0 cm³/mol. The van der Waals surface area contributed by atoms with Crippen LogP contribution in [0, 0.1) is 0 Å². The molecule has 0 aliphatic carbocycles. The molecule has 80 valence electrons. The molecule has 2 heterocycles. The summed E-state index contributed by atoms with van der Waals surface area (Å²) in [7, 11) is 0. The maximum absolute atomic E-state index is 11.3. The molecule has 1 amide bonds. The average Bonchev–Trinajstić information content (AvgIpc) is 2.77. The minimum Gasteiger partial charge on any atom is -0.377 e. The molecule has 2 aliphatic rings. The largest absolute Gasteiger partial charge is 0.377 e. The molecule has 0 aromatic rings. The maximum atomic E-state index is 11.3. The number of rotatable bonds is 3. The highest BCUT2D eigenvalue weighted by molar-refractivity contribution is 5.83. The molecule has 2 aliphatic heterocycles. The van der Waals surface area contributed by atoms with Gasteiger partial charge in [-0.25, -0.2) is 0 Å². The monoisotopic (exact) mass is 198 g/mol. The number of carbonyl (C=O) groups is 1. The summed E-state index contributed by atoms with van der Waals surface area (Å²) in [4.78, 5) is 11.3. The van der Waals surface area contributed by atoms with E-state index in [9.17, 15) is 4.79 Å². The second-order valence-electron chi connectivity index (χ2n) is 4.14. The summed E-state index contributed by atoms with van der Waals surface area (Å²) in [5.41, 5.74) is 0. The summed E-state index contributed by atoms with van der Waals surface area (Å²) >= 11 is 0.